The Morgan fingerprint density at radius 3 is 2.38 bits per heavy atom. The molecule has 0 radical (unpaired) electrons. The molecule has 2 aliphatic rings. The number of carbonyl (C=O) groups is 2. The molecule has 2 saturated heterocycles. The molecule has 2 fully saturated rings. The second-order valence-electron chi connectivity index (χ2n) is 8.42. The monoisotopic (exact) mass is 478 g/mol. The number of H-pyrrole nitrogens is 1. The Morgan fingerprint density at radius 1 is 1.12 bits per heavy atom. The van der Waals surface area contributed by atoms with Crippen LogP contribution in [-0.4, -0.2) is 69.7 Å². The van der Waals surface area contributed by atoms with Crippen molar-refractivity contribution in [1.29, 1.82) is 0 Å². The van der Waals surface area contributed by atoms with Gasteiger partial charge in [0.25, 0.3) is 0 Å². The number of halogens is 3. The Balaban J connectivity index is 1.24. The lowest BCUT2D eigenvalue weighted by Gasteiger charge is -2.21. The summed E-state index contributed by atoms with van der Waals surface area (Å²) in [6.07, 6.45) is 1.45. The van der Waals surface area contributed by atoms with Crippen molar-refractivity contribution < 1.29 is 27.5 Å². The van der Waals surface area contributed by atoms with E-state index in [1.54, 1.807) is 17.2 Å². The van der Waals surface area contributed by atoms with Crippen LogP contribution in [0.1, 0.15) is 24.1 Å². The number of alkyl halides is 3. The van der Waals surface area contributed by atoms with Crippen LogP contribution < -0.4 is 10.1 Å². The summed E-state index contributed by atoms with van der Waals surface area (Å²) < 4.78 is 40.6. The number of nitrogens with zero attached hydrogens (tertiary/aromatic N) is 4. The van der Waals surface area contributed by atoms with E-state index in [0.717, 1.165) is 18.5 Å². The summed E-state index contributed by atoms with van der Waals surface area (Å²) in [4.78, 5) is 28.7. The lowest BCUT2D eigenvalue weighted by Crippen LogP contribution is -2.39. The predicted octanol–water partition coefficient (Wildman–Crippen LogP) is 2.80. The van der Waals surface area contributed by atoms with Crippen molar-refractivity contribution >= 4 is 18.0 Å². The summed E-state index contributed by atoms with van der Waals surface area (Å²) >= 11 is 0. The molecule has 0 unspecified atom stereocenters. The molecule has 9 nitrogen and oxygen atoms in total. The second kappa shape index (κ2) is 10.1. The van der Waals surface area contributed by atoms with Crippen LogP contribution in [-0.2, 0) is 11.3 Å². The van der Waals surface area contributed by atoms with Gasteiger partial charge in [-0.2, -0.15) is 0 Å². The Kier molecular flexibility index (Phi) is 7.03. The highest BCUT2D eigenvalue weighted by atomic mass is 19.4. The minimum absolute atomic E-state index is 0.120. The first kappa shape index (κ1) is 23.6. The largest absolute Gasteiger partial charge is 0.573 e. The van der Waals surface area contributed by atoms with E-state index in [-0.39, 0.29) is 17.7 Å². The maximum atomic E-state index is 12.6. The van der Waals surface area contributed by atoms with Crippen LogP contribution >= 0.6 is 0 Å². The average molecular weight is 478 g/mol. The topological polar surface area (TPSA) is 103 Å². The fraction of sp³-hybridized carbons (Fsp3) is 0.455. The van der Waals surface area contributed by atoms with E-state index < -0.39 is 6.36 Å². The number of aromatic amines is 1. The Hall–Kier alpha value is -3.57. The van der Waals surface area contributed by atoms with Gasteiger partial charge < -0.3 is 19.9 Å². The number of ether oxygens (including phenoxy) is 1. The number of hydrogen-bond donors (Lipinski definition) is 2. The molecule has 34 heavy (non-hydrogen) atoms. The van der Waals surface area contributed by atoms with Crippen molar-refractivity contribution in [2.75, 3.05) is 26.2 Å². The van der Waals surface area contributed by atoms with Crippen LogP contribution in [0, 0.1) is 11.8 Å². The Morgan fingerprint density at radius 2 is 1.79 bits per heavy atom. The molecule has 12 heteroatoms. The third-order valence-electron chi connectivity index (χ3n) is 6.14. The van der Waals surface area contributed by atoms with E-state index in [2.05, 4.69) is 25.5 Å². The van der Waals surface area contributed by atoms with Gasteiger partial charge in [0.1, 0.15) is 5.75 Å². The Labute approximate surface area is 193 Å². The van der Waals surface area contributed by atoms with Gasteiger partial charge in [-0.05, 0) is 48.4 Å². The summed E-state index contributed by atoms with van der Waals surface area (Å²) in [7, 11) is 0. The number of carbonyl (C=O) groups excluding carboxylic acids is 2. The van der Waals surface area contributed by atoms with Gasteiger partial charge in [0.05, 0.1) is 18.4 Å². The van der Waals surface area contributed by atoms with Gasteiger partial charge in [-0.15, -0.1) is 18.3 Å². The predicted molar refractivity (Wildman–Crippen MR) is 115 cm³/mol. The molecule has 0 bridgehead atoms. The van der Waals surface area contributed by atoms with Crippen LogP contribution in [0.3, 0.4) is 0 Å². The molecule has 1 aromatic carbocycles. The number of nitrogens with one attached hydrogen (secondary N) is 2. The standard InChI is InChI=1S/C22H25F3N6O3/c23-22(24,25)34-19-4-1-15(2-5-19)3-6-20(32)30-9-7-16-13-31(14-17(16)8-10-30)21(33)26-11-18-12-27-29-28-18/h1-6,12,16-17H,7-11,13-14H2,(H,26,33)(H,27,28,29)/t16-,17+. The van der Waals surface area contributed by atoms with Crippen molar-refractivity contribution in [3.05, 3.63) is 47.8 Å². The normalized spacial score (nSPS) is 20.8. The van der Waals surface area contributed by atoms with Crippen LogP contribution in [0.2, 0.25) is 0 Å². The van der Waals surface area contributed by atoms with Gasteiger partial charge in [-0.1, -0.05) is 17.3 Å². The zero-order valence-electron chi connectivity index (χ0n) is 18.3. The fourth-order valence-electron chi connectivity index (χ4n) is 4.38. The van der Waals surface area contributed by atoms with Crippen LogP contribution in [0.15, 0.2) is 36.5 Å². The van der Waals surface area contributed by atoms with Crippen molar-refractivity contribution in [3.8, 4) is 5.75 Å². The highest BCUT2D eigenvalue weighted by molar-refractivity contribution is 5.91. The number of amides is 3. The summed E-state index contributed by atoms with van der Waals surface area (Å²) in [6, 6.07) is 5.21. The van der Waals surface area contributed by atoms with E-state index in [9.17, 15) is 22.8 Å². The van der Waals surface area contributed by atoms with Crippen LogP contribution in [0.5, 0.6) is 5.75 Å². The van der Waals surface area contributed by atoms with Crippen molar-refractivity contribution in [3.63, 3.8) is 0 Å². The zero-order valence-corrected chi connectivity index (χ0v) is 18.3. The number of benzene rings is 1. The third-order valence-corrected chi connectivity index (χ3v) is 6.14. The summed E-state index contributed by atoms with van der Waals surface area (Å²) in [5.41, 5.74) is 1.33. The van der Waals surface area contributed by atoms with Gasteiger partial charge in [0.15, 0.2) is 0 Å². The molecule has 1 aromatic heterocycles. The Bertz CT molecular complexity index is 994. The van der Waals surface area contributed by atoms with Gasteiger partial charge in [0, 0.05) is 32.3 Å². The maximum absolute atomic E-state index is 12.6. The number of fused-ring (bicyclic) bond motifs is 1. The van der Waals surface area contributed by atoms with E-state index in [0.29, 0.717) is 50.1 Å². The van der Waals surface area contributed by atoms with Crippen LogP contribution in [0.25, 0.3) is 6.08 Å². The van der Waals surface area contributed by atoms with E-state index >= 15 is 0 Å². The quantitative estimate of drug-likeness (QED) is 0.644. The molecule has 0 spiro atoms. The molecule has 4 rings (SSSR count). The van der Waals surface area contributed by atoms with Gasteiger partial charge in [0.2, 0.25) is 5.91 Å². The molecule has 2 atom stereocenters. The lowest BCUT2D eigenvalue weighted by molar-refractivity contribution is -0.274. The summed E-state index contributed by atoms with van der Waals surface area (Å²) in [5, 5.41) is 12.9. The fourth-order valence-corrected chi connectivity index (χ4v) is 4.38. The lowest BCUT2D eigenvalue weighted by atomic mass is 9.92. The molecule has 2 aromatic rings. The number of rotatable bonds is 5. The highest BCUT2D eigenvalue weighted by Gasteiger charge is 2.37. The van der Waals surface area contributed by atoms with E-state index in [1.807, 2.05) is 4.90 Å². The minimum Gasteiger partial charge on any atom is -0.406 e. The summed E-state index contributed by atoms with van der Waals surface area (Å²) in [5.74, 6) is 0.222. The van der Waals surface area contributed by atoms with Crippen LogP contribution in [0.4, 0.5) is 18.0 Å². The van der Waals surface area contributed by atoms with Crippen molar-refractivity contribution in [2.45, 2.75) is 25.7 Å². The molecule has 0 saturated carbocycles. The smallest absolute Gasteiger partial charge is 0.406 e. The number of urea groups is 1. The first-order valence-corrected chi connectivity index (χ1v) is 11.0. The second-order valence-corrected chi connectivity index (χ2v) is 8.42. The molecule has 0 aliphatic carbocycles. The first-order valence-electron chi connectivity index (χ1n) is 11.0. The molecule has 3 heterocycles. The molecular weight excluding hydrogens is 453 g/mol. The number of likely N-dealkylation sites (tertiary alicyclic amines) is 2. The minimum atomic E-state index is -4.74. The van der Waals surface area contributed by atoms with Crippen molar-refractivity contribution in [2.24, 2.45) is 11.8 Å². The summed E-state index contributed by atoms with van der Waals surface area (Å²) in [6.45, 7) is 2.84. The SMILES string of the molecule is O=C(C=Cc1ccc(OC(F)(F)F)cc1)N1CC[C@@H]2CN(C(=O)NCc3cnn[nH]3)C[C@@H]2CC1. The molecule has 2 N–H and O–H groups in total. The van der Waals surface area contributed by atoms with E-state index in [4.69, 9.17) is 0 Å². The zero-order chi connectivity index (χ0) is 24.1. The molecule has 2 aliphatic heterocycles. The first-order chi connectivity index (χ1) is 16.3. The maximum Gasteiger partial charge on any atom is 0.573 e. The van der Waals surface area contributed by atoms with E-state index in [1.165, 1.54) is 30.3 Å². The molecule has 3 amide bonds. The van der Waals surface area contributed by atoms with Gasteiger partial charge >= 0.3 is 12.4 Å². The molecular formula is C22H25F3N6O3. The highest BCUT2D eigenvalue weighted by Crippen LogP contribution is 2.32. The average Bonchev–Trinajstić information content (AvgIpc) is 3.42. The molecule has 182 valence electrons. The van der Waals surface area contributed by atoms with Gasteiger partial charge in [-0.3, -0.25) is 9.89 Å². The number of hydrogen-bond acceptors (Lipinski definition) is 5. The number of aromatic nitrogens is 3. The van der Waals surface area contributed by atoms with Gasteiger partial charge in [-0.25, -0.2) is 4.79 Å². The van der Waals surface area contributed by atoms with Crippen molar-refractivity contribution in [1.82, 2.24) is 30.5 Å². The third kappa shape index (κ3) is 6.27.